The lowest BCUT2D eigenvalue weighted by molar-refractivity contribution is -0.144. The number of nitrogens with zero attached hydrogens (tertiary/aromatic N) is 2. The van der Waals surface area contributed by atoms with Crippen molar-refractivity contribution in [1.29, 1.82) is 0 Å². The molecule has 1 rings (SSSR count). The minimum absolute atomic E-state index is 0.0632. The molecule has 1 aliphatic rings. The number of carbonyl (C=O) groups is 2. The van der Waals surface area contributed by atoms with Crippen molar-refractivity contribution < 1.29 is 19.1 Å². The van der Waals surface area contributed by atoms with Gasteiger partial charge in [0.15, 0.2) is 0 Å². The molecule has 1 amide bonds. The number of hydrogen-bond acceptors (Lipinski definition) is 5. The highest BCUT2D eigenvalue weighted by atomic mass is 16.6. The summed E-state index contributed by atoms with van der Waals surface area (Å²) in [5, 5.41) is 0. The van der Waals surface area contributed by atoms with Crippen molar-refractivity contribution in [2.24, 2.45) is 0 Å². The third-order valence-corrected chi connectivity index (χ3v) is 6.40. The third-order valence-electron chi connectivity index (χ3n) is 6.40. The van der Waals surface area contributed by atoms with Gasteiger partial charge in [0.1, 0.15) is 0 Å². The Hall–Kier alpha value is -1.30. The number of ether oxygens (including phenoxy) is 2. The van der Waals surface area contributed by atoms with Gasteiger partial charge in [-0.3, -0.25) is 4.79 Å². The molecule has 0 aromatic carbocycles. The Kier molecular flexibility index (Phi) is 19.1. The first kappa shape index (κ1) is 29.7. The van der Waals surface area contributed by atoms with Crippen LogP contribution in [0.25, 0.3) is 0 Å². The first-order chi connectivity index (χ1) is 16.2. The molecular weight excluding hydrogens is 416 g/mol. The van der Waals surface area contributed by atoms with Gasteiger partial charge in [-0.1, -0.05) is 65.2 Å². The van der Waals surface area contributed by atoms with Gasteiger partial charge in [-0.2, -0.15) is 0 Å². The number of unbranched alkanes of at least 4 members (excludes halogenated alkanes) is 8. The van der Waals surface area contributed by atoms with Gasteiger partial charge >= 0.3 is 12.1 Å². The van der Waals surface area contributed by atoms with Crippen molar-refractivity contribution in [1.82, 2.24) is 9.80 Å². The number of piperidine rings is 1. The monoisotopic (exact) mass is 468 g/mol. The van der Waals surface area contributed by atoms with Gasteiger partial charge in [0.05, 0.1) is 13.2 Å². The molecule has 6 heteroatoms. The lowest BCUT2D eigenvalue weighted by Gasteiger charge is -2.26. The van der Waals surface area contributed by atoms with Crippen LogP contribution >= 0.6 is 0 Å². The molecule has 1 saturated heterocycles. The molecule has 0 aromatic rings. The molecule has 0 bridgehead atoms. The molecule has 0 atom stereocenters. The largest absolute Gasteiger partial charge is 0.466 e. The first-order valence-electron chi connectivity index (χ1n) is 14.0. The second-order valence-corrected chi connectivity index (χ2v) is 9.51. The number of rotatable bonds is 20. The molecule has 1 heterocycles. The molecule has 0 unspecified atom stereocenters. The zero-order chi connectivity index (χ0) is 24.0. The molecule has 0 radical (unpaired) electrons. The van der Waals surface area contributed by atoms with Crippen LogP contribution in [0.4, 0.5) is 4.79 Å². The van der Waals surface area contributed by atoms with Crippen LogP contribution in [0.3, 0.4) is 0 Å². The fourth-order valence-corrected chi connectivity index (χ4v) is 4.31. The average Bonchev–Trinajstić information content (AvgIpc) is 2.83. The zero-order valence-corrected chi connectivity index (χ0v) is 21.8. The van der Waals surface area contributed by atoms with E-state index in [1.54, 1.807) is 0 Å². The predicted octanol–water partition coefficient (Wildman–Crippen LogP) is 6.57. The van der Waals surface area contributed by atoms with E-state index in [0.29, 0.717) is 19.6 Å². The topological polar surface area (TPSA) is 59.1 Å². The Morgan fingerprint density at radius 3 is 1.88 bits per heavy atom. The van der Waals surface area contributed by atoms with Gasteiger partial charge in [0, 0.05) is 32.6 Å². The zero-order valence-electron chi connectivity index (χ0n) is 21.8. The van der Waals surface area contributed by atoms with Gasteiger partial charge in [-0.25, -0.2) is 4.79 Å². The molecule has 0 spiro atoms. The van der Waals surface area contributed by atoms with E-state index in [2.05, 4.69) is 18.7 Å². The lowest BCUT2D eigenvalue weighted by Crippen LogP contribution is -2.36. The van der Waals surface area contributed by atoms with Crippen molar-refractivity contribution in [3.05, 3.63) is 0 Å². The average molecular weight is 469 g/mol. The molecule has 0 aliphatic carbocycles. The molecule has 0 saturated carbocycles. The van der Waals surface area contributed by atoms with E-state index in [0.717, 1.165) is 77.7 Å². The summed E-state index contributed by atoms with van der Waals surface area (Å²) in [5.41, 5.74) is 0. The normalized spacial score (nSPS) is 14.0. The fraction of sp³-hybridized carbons (Fsp3) is 0.926. The summed E-state index contributed by atoms with van der Waals surface area (Å²) >= 11 is 0. The quantitative estimate of drug-likeness (QED) is 0.149. The van der Waals surface area contributed by atoms with E-state index in [4.69, 9.17) is 9.47 Å². The van der Waals surface area contributed by atoms with Crippen LogP contribution in [0.2, 0.25) is 0 Å². The van der Waals surface area contributed by atoms with Crippen molar-refractivity contribution in [3.63, 3.8) is 0 Å². The van der Waals surface area contributed by atoms with Crippen LogP contribution in [-0.4, -0.2) is 67.8 Å². The van der Waals surface area contributed by atoms with E-state index in [1.165, 1.54) is 51.4 Å². The molecule has 0 N–H and O–H groups in total. The predicted molar refractivity (Wildman–Crippen MR) is 136 cm³/mol. The molecule has 194 valence electrons. The summed E-state index contributed by atoms with van der Waals surface area (Å²) < 4.78 is 10.9. The SMILES string of the molecule is CCCCCCCCCN(CCCOC(=O)CCCCC)CCCOC(=O)N1CCCCC1. The van der Waals surface area contributed by atoms with E-state index >= 15 is 0 Å². The Bertz CT molecular complexity index is 481. The highest BCUT2D eigenvalue weighted by molar-refractivity contribution is 5.69. The Balaban J connectivity index is 2.23. The van der Waals surface area contributed by atoms with Gasteiger partial charge in [0.25, 0.3) is 0 Å². The van der Waals surface area contributed by atoms with Gasteiger partial charge in [0.2, 0.25) is 0 Å². The minimum atomic E-state index is -0.150. The summed E-state index contributed by atoms with van der Waals surface area (Å²) in [6.45, 7) is 9.96. The van der Waals surface area contributed by atoms with Crippen LogP contribution in [0.1, 0.15) is 117 Å². The van der Waals surface area contributed by atoms with Crippen LogP contribution in [-0.2, 0) is 14.3 Å². The maximum atomic E-state index is 12.2. The summed E-state index contributed by atoms with van der Waals surface area (Å²) in [6, 6.07) is 0. The van der Waals surface area contributed by atoms with Crippen LogP contribution < -0.4 is 0 Å². The second-order valence-electron chi connectivity index (χ2n) is 9.51. The number of carbonyl (C=O) groups excluding carboxylic acids is 2. The van der Waals surface area contributed by atoms with E-state index in [-0.39, 0.29) is 12.1 Å². The molecule has 1 fully saturated rings. The van der Waals surface area contributed by atoms with E-state index < -0.39 is 0 Å². The summed E-state index contributed by atoms with van der Waals surface area (Å²) in [6.07, 6.45) is 17.8. The Morgan fingerprint density at radius 1 is 0.667 bits per heavy atom. The summed E-state index contributed by atoms with van der Waals surface area (Å²) in [7, 11) is 0. The molecule has 1 aliphatic heterocycles. The fourth-order valence-electron chi connectivity index (χ4n) is 4.31. The second kappa shape index (κ2) is 21.2. The summed E-state index contributed by atoms with van der Waals surface area (Å²) in [5.74, 6) is -0.0632. The third kappa shape index (κ3) is 16.9. The number of esters is 1. The molecular formula is C27H52N2O4. The van der Waals surface area contributed by atoms with Gasteiger partial charge in [-0.05, 0) is 51.5 Å². The molecule has 33 heavy (non-hydrogen) atoms. The Morgan fingerprint density at radius 2 is 1.21 bits per heavy atom. The first-order valence-corrected chi connectivity index (χ1v) is 14.0. The number of likely N-dealkylation sites (tertiary alicyclic amines) is 1. The van der Waals surface area contributed by atoms with Crippen LogP contribution in [0.15, 0.2) is 0 Å². The van der Waals surface area contributed by atoms with Crippen molar-refractivity contribution >= 4 is 12.1 Å². The van der Waals surface area contributed by atoms with Crippen molar-refractivity contribution in [3.8, 4) is 0 Å². The Labute approximate surface area is 203 Å². The van der Waals surface area contributed by atoms with E-state index in [1.807, 2.05) is 4.90 Å². The van der Waals surface area contributed by atoms with Gasteiger partial charge in [-0.15, -0.1) is 0 Å². The van der Waals surface area contributed by atoms with Crippen LogP contribution in [0.5, 0.6) is 0 Å². The number of amides is 1. The molecule has 0 aromatic heterocycles. The highest BCUT2D eigenvalue weighted by Gasteiger charge is 2.17. The summed E-state index contributed by atoms with van der Waals surface area (Å²) in [4.78, 5) is 28.3. The lowest BCUT2D eigenvalue weighted by atomic mass is 10.1. The maximum absolute atomic E-state index is 12.2. The highest BCUT2D eigenvalue weighted by Crippen LogP contribution is 2.11. The standard InChI is InChI=1S/C27H52N2O4/c1-3-5-7-8-9-10-13-19-28(20-16-24-32-26(30)18-12-6-4-2)21-17-25-33-27(31)29-22-14-11-15-23-29/h3-25H2,1-2H3. The smallest absolute Gasteiger partial charge is 0.409 e. The minimum Gasteiger partial charge on any atom is -0.466 e. The number of hydrogen-bond donors (Lipinski definition) is 0. The maximum Gasteiger partial charge on any atom is 0.409 e. The van der Waals surface area contributed by atoms with Crippen molar-refractivity contribution in [2.75, 3.05) is 45.9 Å². The van der Waals surface area contributed by atoms with Crippen molar-refractivity contribution in [2.45, 2.75) is 117 Å². The molecule has 6 nitrogen and oxygen atoms in total. The van der Waals surface area contributed by atoms with Crippen LogP contribution in [0, 0.1) is 0 Å². The van der Waals surface area contributed by atoms with Gasteiger partial charge < -0.3 is 19.3 Å². The van der Waals surface area contributed by atoms with E-state index in [9.17, 15) is 9.59 Å².